The quantitative estimate of drug-likeness (QED) is 0.566. The van der Waals surface area contributed by atoms with Crippen LogP contribution in [0, 0.1) is 6.92 Å². The smallest absolute Gasteiger partial charge is 0.243 e. The maximum Gasteiger partial charge on any atom is 0.243 e. The number of rotatable bonds is 10. The van der Waals surface area contributed by atoms with E-state index in [1.807, 2.05) is 38.1 Å². The number of likely N-dealkylation sites (N-methyl/N-ethyl adjacent to an activating group) is 1. The van der Waals surface area contributed by atoms with Crippen molar-refractivity contribution in [2.75, 3.05) is 20.1 Å². The Bertz CT molecular complexity index is 1040. The maximum absolute atomic E-state index is 13.2. The Kier molecular flexibility index (Phi) is 9.24. The van der Waals surface area contributed by atoms with Gasteiger partial charge >= 0.3 is 0 Å². The largest absolute Gasteiger partial charge is 0.354 e. The molecule has 0 fully saturated rings. The number of nitrogens with one attached hydrogen (secondary N) is 1. The van der Waals surface area contributed by atoms with Gasteiger partial charge in [-0.15, -0.1) is 0 Å². The number of nitrogens with zero attached hydrogens (tertiary/aromatic N) is 2. The van der Waals surface area contributed by atoms with Crippen molar-refractivity contribution < 1.29 is 18.0 Å². The zero-order valence-electron chi connectivity index (χ0n) is 18.8. The van der Waals surface area contributed by atoms with E-state index in [1.165, 1.54) is 36.2 Å². The van der Waals surface area contributed by atoms with E-state index in [2.05, 4.69) is 5.32 Å². The second-order valence-corrected chi connectivity index (χ2v) is 10.1. The summed E-state index contributed by atoms with van der Waals surface area (Å²) in [5.74, 6) is -0.746. The summed E-state index contributed by atoms with van der Waals surface area (Å²) >= 11 is 5.85. The first kappa shape index (κ1) is 25.8. The Morgan fingerprint density at radius 2 is 1.72 bits per heavy atom. The van der Waals surface area contributed by atoms with E-state index >= 15 is 0 Å². The van der Waals surface area contributed by atoms with Crippen molar-refractivity contribution in [1.82, 2.24) is 14.5 Å². The first-order valence-electron chi connectivity index (χ1n) is 10.4. The van der Waals surface area contributed by atoms with E-state index < -0.39 is 28.5 Å². The molecule has 1 N–H and O–H groups in total. The molecule has 0 saturated carbocycles. The summed E-state index contributed by atoms with van der Waals surface area (Å²) < 4.78 is 26.8. The van der Waals surface area contributed by atoms with Crippen LogP contribution < -0.4 is 5.32 Å². The van der Waals surface area contributed by atoms with Crippen molar-refractivity contribution in [1.29, 1.82) is 0 Å². The van der Waals surface area contributed by atoms with E-state index in [4.69, 9.17) is 11.6 Å². The van der Waals surface area contributed by atoms with Gasteiger partial charge < -0.3 is 10.2 Å². The van der Waals surface area contributed by atoms with Crippen molar-refractivity contribution in [2.45, 2.75) is 44.7 Å². The van der Waals surface area contributed by atoms with Gasteiger partial charge in [0.15, 0.2) is 0 Å². The summed E-state index contributed by atoms with van der Waals surface area (Å²) in [6.07, 6.45) is 0.770. The number of halogens is 1. The molecule has 0 aliphatic heterocycles. The lowest BCUT2D eigenvalue weighted by atomic mass is 10.1. The van der Waals surface area contributed by atoms with Crippen LogP contribution >= 0.6 is 11.6 Å². The molecule has 0 spiro atoms. The van der Waals surface area contributed by atoms with E-state index in [1.54, 1.807) is 6.92 Å². The topological polar surface area (TPSA) is 86.8 Å². The van der Waals surface area contributed by atoms with Gasteiger partial charge in [-0.2, -0.15) is 4.31 Å². The van der Waals surface area contributed by atoms with Crippen molar-refractivity contribution in [2.24, 2.45) is 0 Å². The minimum Gasteiger partial charge on any atom is -0.354 e. The summed E-state index contributed by atoms with van der Waals surface area (Å²) in [5.41, 5.74) is 1.87. The van der Waals surface area contributed by atoms with Gasteiger partial charge in [0.2, 0.25) is 21.8 Å². The van der Waals surface area contributed by atoms with E-state index in [0.717, 1.165) is 21.9 Å². The predicted octanol–water partition coefficient (Wildman–Crippen LogP) is 3.21. The van der Waals surface area contributed by atoms with Gasteiger partial charge in [-0.05, 0) is 55.7 Å². The zero-order chi connectivity index (χ0) is 23.9. The molecule has 0 radical (unpaired) electrons. The van der Waals surface area contributed by atoms with Crippen LogP contribution in [-0.2, 0) is 26.2 Å². The van der Waals surface area contributed by atoms with Crippen LogP contribution in [0.15, 0.2) is 53.4 Å². The van der Waals surface area contributed by atoms with Crippen molar-refractivity contribution in [3.8, 4) is 0 Å². The van der Waals surface area contributed by atoms with Crippen LogP contribution in [0.1, 0.15) is 31.4 Å². The molecule has 2 amide bonds. The molecule has 0 bridgehead atoms. The van der Waals surface area contributed by atoms with Crippen LogP contribution in [0.25, 0.3) is 0 Å². The summed E-state index contributed by atoms with van der Waals surface area (Å²) in [6, 6.07) is 12.6. The highest BCUT2D eigenvalue weighted by Gasteiger charge is 2.30. The summed E-state index contributed by atoms with van der Waals surface area (Å²) in [6.45, 7) is 5.81. The molecule has 7 nitrogen and oxygen atoms in total. The summed E-state index contributed by atoms with van der Waals surface area (Å²) in [5, 5.41) is 3.22. The van der Waals surface area contributed by atoms with Crippen molar-refractivity contribution >= 4 is 33.4 Å². The van der Waals surface area contributed by atoms with Gasteiger partial charge in [0, 0.05) is 25.2 Å². The highest BCUT2D eigenvalue weighted by molar-refractivity contribution is 7.89. The fourth-order valence-corrected chi connectivity index (χ4v) is 4.35. The Morgan fingerprint density at radius 1 is 1.09 bits per heavy atom. The molecule has 174 valence electrons. The molecule has 0 saturated heterocycles. The highest BCUT2D eigenvalue weighted by atomic mass is 35.5. The SMILES string of the molecule is CCCNC(=O)C(C)N(Cc1ccccc1C)C(=O)CN(C)S(=O)(=O)c1ccc(Cl)cc1. The first-order valence-corrected chi connectivity index (χ1v) is 12.2. The number of carbonyl (C=O) groups is 2. The zero-order valence-corrected chi connectivity index (χ0v) is 20.4. The van der Waals surface area contributed by atoms with E-state index in [0.29, 0.717) is 11.6 Å². The number of carbonyl (C=O) groups excluding carboxylic acids is 2. The number of hydrogen-bond donors (Lipinski definition) is 1. The van der Waals surface area contributed by atoms with Crippen LogP contribution in [0.3, 0.4) is 0 Å². The Balaban J connectivity index is 2.27. The molecule has 1 atom stereocenters. The standard InChI is InChI=1S/C23H30ClN3O4S/c1-5-14-25-23(29)18(3)27(15-19-9-7-6-8-17(19)2)22(28)16-26(4)32(30,31)21-12-10-20(24)11-13-21/h6-13,18H,5,14-16H2,1-4H3,(H,25,29). The monoisotopic (exact) mass is 479 g/mol. The number of hydrogen-bond acceptors (Lipinski definition) is 4. The molecule has 0 heterocycles. The fraction of sp³-hybridized carbons (Fsp3) is 0.391. The third-order valence-electron chi connectivity index (χ3n) is 5.20. The highest BCUT2D eigenvalue weighted by Crippen LogP contribution is 2.19. The van der Waals surface area contributed by atoms with Gasteiger partial charge in [0.05, 0.1) is 11.4 Å². The molecule has 2 rings (SSSR count). The van der Waals surface area contributed by atoms with Crippen molar-refractivity contribution in [3.63, 3.8) is 0 Å². The molecule has 1 unspecified atom stereocenters. The van der Waals surface area contributed by atoms with Gasteiger partial charge in [-0.1, -0.05) is 42.8 Å². The summed E-state index contributed by atoms with van der Waals surface area (Å²) in [7, 11) is -2.56. The Hall–Kier alpha value is -2.42. The van der Waals surface area contributed by atoms with E-state index in [-0.39, 0.29) is 17.3 Å². The van der Waals surface area contributed by atoms with Crippen LogP contribution in [0.4, 0.5) is 0 Å². The molecular weight excluding hydrogens is 450 g/mol. The lowest BCUT2D eigenvalue weighted by Gasteiger charge is -2.30. The van der Waals surface area contributed by atoms with Gasteiger partial charge in [0.1, 0.15) is 6.04 Å². The average molecular weight is 480 g/mol. The summed E-state index contributed by atoms with van der Waals surface area (Å²) in [4.78, 5) is 27.3. The van der Waals surface area contributed by atoms with Gasteiger partial charge in [-0.25, -0.2) is 8.42 Å². The normalized spacial score (nSPS) is 12.4. The second kappa shape index (κ2) is 11.4. The van der Waals surface area contributed by atoms with Crippen LogP contribution in [0.2, 0.25) is 5.02 Å². The number of benzene rings is 2. The maximum atomic E-state index is 13.2. The lowest BCUT2D eigenvalue weighted by molar-refractivity contribution is -0.140. The second-order valence-electron chi connectivity index (χ2n) is 7.63. The molecule has 0 aliphatic carbocycles. The molecule has 0 aromatic heterocycles. The third kappa shape index (κ3) is 6.54. The van der Waals surface area contributed by atoms with Gasteiger partial charge in [-0.3, -0.25) is 9.59 Å². The number of sulfonamides is 1. The molecule has 0 aliphatic rings. The number of aryl methyl sites for hydroxylation is 1. The molecule has 2 aromatic carbocycles. The minimum absolute atomic E-state index is 0.0383. The third-order valence-corrected chi connectivity index (χ3v) is 7.27. The Labute approximate surface area is 195 Å². The van der Waals surface area contributed by atoms with Crippen LogP contribution in [0.5, 0.6) is 0 Å². The Morgan fingerprint density at radius 3 is 2.31 bits per heavy atom. The van der Waals surface area contributed by atoms with E-state index in [9.17, 15) is 18.0 Å². The lowest BCUT2D eigenvalue weighted by Crippen LogP contribution is -2.50. The first-order chi connectivity index (χ1) is 15.1. The van der Waals surface area contributed by atoms with Crippen molar-refractivity contribution in [3.05, 3.63) is 64.7 Å². The van der Waals surface area contributed by atoms with Crippen LogP contribution in [-0.4, -0.2) is 55.6 Å². The molecular formula is C23H30ClN3O4S. The average Bonchev–Trinajstić information content (AvgIpc) is 2.76. The predicted molar refractivity (Wildman–Crippen MR) is 126 cm³/mol. The molecule has 2 aromatic rings. The molecule has 32 heavy (non-hydrogen) atoms. The van der Waals surface area contributed by atoms with Gasteiger partial charge in [0.25, 0.3) is 0 Å². The minimum atomic E-state index is -3.90. The molecule has 9 heteroatoms. The fourth-order valence-electron chi connectivity index (χ4n) is 3.10. The number of amides is 2.